The van der Waals surface area contributed by atoms with Gasteiger partial charge in [-0.3, -0.25) is 14.9 Å². The van der Waals surface area contributed by atoms with Crippen molar-refractivity contribution in [3.05, 3.63) is 33.9 Å². The average Bonchev–Trinajstić information content (AvgIpc) is 2.89. The van der Waals surface area contributed by atoms with Crippen LogP contribution in [0.15, 0.2) is 18.2 Å². The van der Waals surface area contributed by atoms with Gasteiger partial charge in [0, 0.05) is 12.6 Å². The molecule has 0 saturated carbocycles. The Bertz CT molecular complexity index is 501. The zero-order valence-corrected chi connectivity index (χ0v) is 11.1. The minimum absolute atomic E-state index is 0.0780. The summed E-state index contributed by atoms with van der Waals surface area (Å²) < 4.78 is 0. The first-order chi connectivity index (χ1) is 9.09. The van der Waals surface area contributed by atoms with Crippen molar-refractivity contribution in [1.82, 2.24) is 5.32 Å². The molecule has 1 aromatic rings. The highest BCUT2D eigenvalue weighted by molar-refractivity contribution is 7.99. The van der Waals surface area contributed by atoms with Crippen LogP contribution in [0.1, 0.15) is 16.8 Å². The monoisotopic (exact) mass is 281 g/mol. The smallest absolute Gasteiger partial charge is 0.292 e. The number of rotatable bonds is 4. The molecular formula is C12H15N3O3S. The molecule has 1 aliphatic heterocycles. The lowest BCUT2D eigenvalue weighted by atomic mass is 10.1. The number of anilines is 1. The Balaban J connectivity index is 2.06. The maximum Gasteiger partial charge on any atom is 0.292 e. The van der Waals surface area contributed by atoms with E-state index in [0.717, 1.165) is 17.9 Å². The van der Waals surface area contributed by atoms with Gasteiger partial charge in [0.1, 0.15) is 5.69 Å². The first-order valence-electron chi connectivity index (χ1n) is 5.98. The Morgan fingerprint density at radius 2 is 2.37 bits per heavy atom. The third-order valence-corrected chi connectivity index (χ3v) is 4.33. The predicted octanol–water partition coefficient (Wildman–Crippen LogP) is 1.66. The van der Waals surface area contributed by atoms with Gasteiger partial charge in [0.25, 0.3) is 11.6 Å². The van der Waals surface area contributed by atoms with Gasteiger partial charge in [-0.1, -0.05) is 6.07 Å². The molecule has 1 unspecified atom stereocenters. The van der Waals surface area contributed by atoms with Crippen LogP contribution < -0.4 is 11.1 Å². The van der Waals surface area contributed by atoms with E-state index in [1.165, 1.54) is 18.2 Å². The van der Waals surface area contributed by atoms with Gasteiger partial charge in [0.15, 0.2) is 0 Å². The molecule has 6 nitrogen and oxygen atoms in total. The third-order valence-electron chi connectivity index (χ3n) is 3.10. The normalized spacial score (nSPS) is 18.2. The van der Waals surface area contributed by atoms with E-state index in [1.54, 1.807) is 0 Å². The molecule has 1 heterocycles. The first kappa shape index (κ1) is 13.7. The number of para-hydroxylation sites is 1. The van der Waals surface area contributed by atoms with Gasteiger partial charge in [-0.05, 0) is 29.9 Å². The van der Waals surface area contributed by atoms with Crippen LogP contribution in [0.5, 0.6) is 0 Å². The molecule has 3 N–H and O–H groups in total. The van der Waals surface area contributed by atoms with Gasteiger partial charge in [-0.25, -0.2) is 0 Å². The molecule has 0 bridgehead atoms. The van der Waals surface area contributed by atoms with E-state index < -0.39 is 4.92 Å². The number of amides is 1. The SMILES string of the molecule is Nc1c(C(=O)NCC2CCSC2)cccc1[N+](=O)[O-]. The summed E-state index contributed by atoms with van der Waals surface area (Å²) in [6.07, 6.45) is 1.09. The summed E-state index contributed by atoms with van der Waals surface area (Å²) in [5.74, 6) is 2.30. The number of thioether (sulfide) groups is 1. The minimum Gasteiger partial charge on any atom is -0.393 e. The van der Waals surface area contributed by atoms with Crippen LogP contribution in [0, 0.1) is 16.0 Å². The number of nitrogens with zero attached hydrogens (tertiary/aromatic N) is 1. The molecule has 1 aromatic carbocycles. The number of nitro groups is 1. The van der Waals surface area contributed by atoms with Crippen LogP contribution in [0.3, 0.4) is 0 Å². The molecule has 19 heavy (non-hydrogen) atoms. The Morgan fingerprint density at radius 3 is 3.00 bits per heavy atom. The first-order valence-corrected chi connectivity index (χ1v) is 7.14. The lowest BCUT2D eigenvalue weighted by Gasteiger charge is -2.11. The van der Waals surface area contributed by atoms with E-state index in [-0.39, 0.29) is 22.8 Å². The highest BCUT2D eigenvalue weighted by atomic mass is 32.2. The highest BCUT2D eigenvalue weighted by Crippen LogP contribution is 2.25. The quantitative estimate of drug-likeness (QED) is 0.497. The second-order valence-electron chi connectivity index (χ2n) is 4.44. The number of carbonyl (C=O) groups excluding carboxylic acids is 1. The largest absolute Gasteiger partial charge is 0.393 e. The Morgan fingerprint density at radius 1 is 1.58 bits per heavy atom. The number of hydrogen-bond acceptors (Lipinski definition) is 5. The number of nitrogen functional groups attached to an aromatic ring is 1. The molecule has 0 radical (unpaired) electrons. The van der Waals surface area contributed by atoms with Crippen LogP contribution in [0.2, 0.25) is 0 Å². The van der Waals surface area contributed by atoms with Crippen molar-refractivity contribution in [3.63, 3.8) is 0 Å². The number of carbonyl (C=O) groups is 1. The van der Waals surface area contributed by atoms with Crippen LogP contribution >= 0.6 is 11.8 Å². The maximum atomic E-state index is 12.0. The summed E-state index contributed by atoms with van der Waals surface area (Å²) in [6, 6.07) is 4.26. The Kier molecular flexibility index (Phi) is 4.26. The van der Waals surface area contributed by atoms with Gasteiger partial charge >= 0.3 is 0 Å². The van der Waals surface area contributed by atoms with Gasteiger partial charge in [-0.15, -0.1) is 0 Å². The van der Waals surface area contributed by atoms with Crippen molar-refractivity contribution in [2.24, 2.45) is 5.92 Å². The van der Waals surface area contributed by atoms with E-state index in [0.29, 0.717) is 12.5 Å². The molecule has 0 aliphatic carbocycles. The van der Waals surface area contributed by atoms with Crippen LogP contribution in [0.4, 0.5) is 11.4 Å². The molecule has 0 aromatic heterocycles. The van der Waals surface area contributed by atoms with E-state index in [4.69, 9.17) is 5.73 Å². The molecule has 1 aliphatic rings. The molecule has 0 spiro atoms. The second kappa shape index (κ2) is 5.92. The van der Waals surface area contributed by atoms with Gasteiger partial charge in [0.2, 0.25) is 0 Å². The van der Waals surface area contributed by atoms with Crippen LogP contribution in [-0.4, -0.2) is 28.9 Å². The van der Waals surface area contributed by atoms with Crippen molar-refractivity contribution in [2.75, 3.05) is 23.8 Å². The molecule has 7 heteroatoms. The second-order valence-corrected chi connectivity index (χ2v) is 5.58. The molecular weight excluding hydrogens is 266 g/mol. The van der Waals surface area contributed by atoms with E-state index >= 15 is 0 Å². The zero-order valence-electron chi connectivity index (χ0n) is 10.3. The summed E-state index contributed by atoms with van der Waals surface area (Å²) in [5, 5.41) is 13.5. The van der Waals surface area contributed by atoms with Gasteiger partial charge in [0.05, 0.1) is 10.5 Å². The van der Waals surface area contributed by atoms with Crippen molar-refractivity contribution < 1.29 is 9.72 Å². The summed E-state index contributed by atoms with van der Waals surface area (Å²) in [5.41, 5.74) is 5.52. The highest BCUT2D eigenvalue weighted by Gasteiger charge is 2.20. The fraction of sp³-hybridized carbons (Fsp3) is 0.417. The third kappa shape index (κ3) is 3.17. The number of nitrogens with two attached hydrogens (primary N) is 1. The Labute approximate surface area is 114 Å². The van der Waals surface area contributed by atoms with E-state index in [1.807, 2.05) is 11.8 Å². The fourth-order valence-corrected chi connectivity index (χ4v) is 3.27. The molecule has 1 fully saturated rings. The minimum atomic E-state index is -0.584. The lowest BCUT2D eigenvalue weighted by molar-refractivity contribution is -0.383. The number of hydrogen-bond donors (Lipinski definition) is 2. The zero-order chi connectivity index (χ0) is 13.8. The van der Waals surface area contributed by atoms with Crippen LogP contribution in [-0.2, 0) is 0 Å². The molecule has 1 atom stereocenters. The van der Waals surface area contributed by atoms with Gasteiger partial charge in [-0.2, -0.15) is 11.8 Å². The molecule has 102 valence electrons. The summed E-state index contributed by atoms with van der Waals surface area (Å²) >= 11 is 1.87. The topological polar surface area (TPSA) is 98.3 Å². The maximum absolute atomic E-state index is 12.0. The summed E-state index contributed by atoms with van der Waals surface area (Å²) in [7, 11) is 0. The number of nitrogens with one attached hydrogen (secondary N) is 1. The summed E-state index contributed by atoms with van der Waals surface area (Å²) in [4.78, 5) is 22.1. The number of benzene rings is 1. The van der Waals surface area contributed by atoms with E-state index in [2.05, 4.69) is 5.32 Å². The van der Waals surface area contributed by atoms with E-state index in [9.17, 15) is 14.9 Å². The van der Waals surface area contributed by atoms with Crippen molar-refractivity contribution >= 4 is 29.0 Å². The van der Waals surface area contributed by atoms with Crippen LogP contribution in [0.25, 0.3) is 0 Å². The molecule has 1 saturated heterocycles. The average molecular weight is 281 g/mol. The Hall–Kier alpha value is -1.76. The number of nitro benzene ring substituents is 1. The standard InChI is InChI=1S/C12H15N3O3S/c13-11-9(2-1-3-10(11)15(17)18)12(16)14-6-8-4-5-19-7-8/h1-3,8H,4-7,13H2,(H,14,16). The fourth-order valence-electron chi connectivity index (χ4n) is 1.99. The summed E-state index contributed by atoms with van der Waals surface area (Å²) in [6.45, 7) is 0.591. The predicted molar refractivity (Wildman–Crippen MR) is 75.3 cm³/mol. The van der Waals surface area contributed by atoms with Crippen molar-refractivity contribution in [3.8, 4) is 0 Å². The van der Waals surface area contributed by atoms with Crippen molar-refractivity contribution in [2.45, 2.75) is 6.42 Å². The molecule has 2 rings (SSSR count). The molecule has 1 amide bonds. The van der Waals surface area contributed by atoms with Gasteiger partial charge < -0.3 is 11.1 Å². The van der Waals surface area contributed by atoms with Crippen molar-refractivity contribution in [1.29, 1.82) is 0 Å². The lowest BCUT2D eigenvalue weighted by Crippen LogP contribution is -2.29.